The Balaban J connectivity index is 2.27. The number of carbonyl (C=O) groups is 1. The van der Waals surface area contributed by atoms with E-state index in [0.29, 0.717) is 12.5 Å². The van der Waals surface area contributed by atoms with Crippen molar-refractivity contribution in [1.82, 2.24) is 9.80 Å². The Hall–Kier alpha value is -0.650. The van der Waals surface area contributed by atoms with Crippen LogP contribution in [0.4, 0.5) is 0 Å². The summed E-state index contributed by atoms with van der Waals surface area (Å²) in [6.45, 7) is 11.5. The molecule has 0 unspecified atom stereocenters. The van der Waals surface area contributed by atoms with Crippen molar-refractivity contribution in [2.45, 2.75) is 20.3 Å². The Bertz CT molecular complexity index is 240. The van der Waals surface area contributed by atoms with E-state index in [1.165, 1.54) is 0 Å². The normalized spacial score (nSPS) is 17.6. The zero-order valence-electron chi connectivity index (χ0n) is 11.6. The van der Waals surface area contributed by atoms with E-state index in [2.05, 4.69) is 23.6 Å². The maximum atomic E-state index is 10.6. The molecule has 0 aromatic carbocycles. The summed E-state index contributed by atoms with van der Waals surface area (Å²) in [6.07, 6.45) is 0.232. The monoisotopic (exact) mass is 258 g/mol. The predicted octanol–water partition coefficient (Wildman–Crippen LogP) is 0.751. The summed E-state index contributed by atoms with van der Waals surface area (Å²) in [7, 11) is 0. The smallest absolute Gasteiger partial charge is 0.304 e. The third-order valence-corrected chi connectivity index (χ3v) is 3.10. The van der Waals surface area contributed by atoms with Crippen molar-refractivity contribution in [2.75, 3.05) is 52.5 Å². The summed E-state index contributed by atoms with van der Waals surface area (Å²) in [4.78, 5) is 15.3. The summed E-state index contributed by atoms with van der Waals surface area (Å²) >= 11 is 0. The van der Waals surface area contributed by atoms with Crippen LogP contribution in [0.1, 0.15) is 20.3 Å². The van der Waals surface area contributed by atoms with Gasteiger partial charge in [-0.2, -0.15) is 0 Å². The SMILES string of the molecule is CC(C)CN(CCC(=O)O)CCN1CCOCC1. The van der Waals surface area contributed by atoms with Gasteiger partial charge < -0.3 is 14.7 Å². The van der Waals surface area contributed by atoms with Crippen molar-refractivity contribution in [1.29, 1.82) is 0 Å². The van der Waals surface area contributed by atoms with Crippen LogP contribution in [0.25, 0.3) is 0 Å². The second-order valence-electron chi connectivity index (χ2n) is 5.29. The molecule has 0 radical (unpaired) electrons. The van der Waals surface area contributed by atoms with Gasteiger partial charge in [0.05, 0.1) is 19.6 Å². The minimum Gasteiger partial charge on any atom is -0.481 e. The van der Waals surface area contributed by atoms with Gasteiger partial charge in [0.25, 0.3) is 0 Å². The zero-order chi connectivity index (χ0) is 13.4. The molecule has 0 aromatic rings. The Morgan fingerprint density at radius 1 is 1.33 bits per heavy atom. The number of morpholine rings is 1. The molecule has 0 bridgehead atoms. The molecular formula is C13H26N2O3. The van der Waals surface area contributed by atoms with E-state index in [0.717, 1.165) is 45.9 Å². The van der Waals surface area contributed by atoms with Crippen LogP contribution in [0.15, 0.2) is 0 Å². The van der Waals surface area contributed by atoms with E-state index in [9.17, 15) is 4.79 Å². The fraction of sp³-hybridized carbons (Fsp3) is 0.923. The van der Waals surface area contributed by atoms with Crippen molar-refractivity contribution >= 4 is 5.97 Å². The third-order valence-electron chi connectivity index (χ3n) is 3.10. The lowest BCUT2D eigenvalue weighted by Gasteiger charge is -2.30. The van der Waals surface area contributed by atoms with Crippen LogP contribution < -0.4 is 0 Å². The third kappa shape index (κ3) is 6.93. The first kappa shape index (κ1) is 15.4. The molecule has 1 saturated heterocycles. The first-order chi connectivity index (χ1) is 8.58. The molecule has 1 aliphatic rings. The van der Waals surface area contributed by atoms with Crippen molar-refractivity contribution in [2.24, 2.45) is 5.92 Å². The van der Waals surface area contributed by atoms with Gasteiger partial charge in [-0.1, -0.05) is 13.8 Å². The Morgan fingerprint density at radius 3 is 2.56 bits per heavy atom. The lowest BCUT2D eigenvalue weighted by Crippen LogP contribution is -2.42. The first-order valence-electron chi connectivity index (χ1n) is 6.82. The summed E-state index contributed by atoms with van der Waals surface area (Å²) in [5.74, 6) is -0.140. The number of hydrogen-bond acceptors (Lipinski definition) is 4. The lowest BCUT2D eigenvalue weighted by molar-refractivity contribution is -0.137. The average Bonchev–Trinajstić information content (AvgIpc) is 2.33. The van der Waals surface area contributed by atoms with Crippen LogP contribution >= 0.6 is 0 Å². The van der Waals surface area contributed by atoms with Gasteiger partial charge in [0.15, 0.2) is 0 Å². The molecule has 0 atom stereocenters. The molecule has 0 aliphatic carbocycles. The van der Waals surface area contributed by atoms with Crippen molar-refractivity contribution in [3.63, 3.8) is 0 Å². The van der Waals surface area contributed by atoms with E-state index in [4.69, 9.17) is 9.84 Å². The van der Waals surface area contributed by atoms with Crippen molar-refractivity contribution < 1.29 is 14.6 Å². The molecule has 1 heterocycles. The number of carboxylic acid groups (broad SMARTS) is 1. The number of ether oxygens (including phenoxy) is 1. The topological polar surface area (TPSA) is 53.0 Å². The van der Waals surface area contributed by atoms with Crippen LogP contribution in [0.2, 0.25) is 0 Å². The second kappa shape index (κ2) is 8.45. The number of hydrogen-bond donors (Lipinski definition) is 1. The summed E-state index contributed by atoms with van der Waals surface area (Å²) < 4.78 is 5.32. The van der Waals surface area contributed by atoms with Crippen LogP contribution in [0.3, 0.4) is 0 Å². The predicted molar refractivity (Wildman–Crippen MR) is 70.8 cm³/mol. The standard InChI is InChI=1S/C13H26N2O3/c1-12(2)11-15(4-3-13(16)17)6-5-14-7-9-18-10-8-14/h12H,3-11H2,1-2H3,(H,16,17). The van der Waals surface area contributed by atoms with Gasteiger partial charge in [-0.25, -0.2) is 0 Å². The molecule has 5 heteroatoms. The molecule has 0 spiro atoms. The molecule has 0 aromatic heterocycles. The second-order valence-corrected chi connectivity index (χ2v) is 5.29. The van der Waals surface area contributed by atoms with Gasteiger partial charge in [-0.3, -0.25) is 9.69 Å². The van der Waals surface area contributed by atoms with Crippen LogP contribution in [0.5, 0.6) is 0 Å². The maximum absolute atomic E-state index is 10.6. The van der Waals surface area contributed by atoms with E-state index in [1.54, 1.807) is 0 Å². The molecular weight excluding hydrogens is 232 g/mol. The van der Waals surface area contributed by atoms with Gasteiger partial charge in [0.1, 0.15) is 0 Å². The molecule has 106 valence electrons. The zero-order valence-corrected chi connectivity index (χ0v) is 11.6. The summed E-state index contributed by atoms with van der Waals surface area (Å²) in [5.41, 5.74) is 0. The molecule has 0 amide bonds. The van der Waals surface area contributed by atoms with Crippen LogP contribution in [0, 0.1) is 5.92 Å². The highest BCUT2D eigenvalue weighted by Gasteiger charge is 2.14. The van der Waals surface area contributed by atoms with Crippen molar-refractivity contribution in [3.05, 3.63) is 0 Å². The van der Waals surface area contributed by atoms with E-state index in [1.807, 2.05) is 0 Å². The molecule has 5 nitrogen and oxygen atoms in total. The quantitative estimate of drug-likeness (QED) is 0.696. The summed E-state index contributed by atoms with van der Waals surface area (Å²) in [5, 5.41) is 8.76. The fourth-order valence-corrected chi connectivity index (χ4v) is 2.17. The molecule has 1 fully saturated rings. The van der Waals surface area contributed by atoms with E-state index >= 15 is 0 Å². The van der Waals surface area contributed by atoms with Gasteiger partial charge in [-0.05, 0) is 5.92 Å². The number of nitrogens with zero attached hydrogens (tertiary/aromatic N) is 2. The van der Waals surface area contributed by atoms with Crippen LogP contribution in [-0.4, -0.2) is 73.4 Å². The van der Waals surface area contributed by atoms with Gasteiger partial charge in [-0.15, -0.1) is 0 Å². The largest absolute Gasteiger partial charge is 0.481 e. The molecule has 1 rings (SSSR count). The van der Waals surface area contributed by atoms with Crippen molar-refractivity contribution in [3.8, 4) is 0 Å². The Morgan fingerprint density at radius 2 is 2.00 bits per heavy atom. The molecule has 0 saturated carbocycles. The Labute approximate surface area is 110 Å². The minimum absolute atomic E-state index is 0.232. The maximum Gasteiger partial charge on any atom is 0.304 e. The number of carboxylic acids is 1. The molecule has 1 N–H and O–H groups in total. The number of aliphatic carboxylic acids is 1. The summed E-state index contributed by atoms with van der Waals surface area (Å²) in [6, 6.07) is 0. The molecule has 1 aliphatic heterocycles. The minimum atomic E-state index is -0.713. The van der Waals surface area contributed by atoms with E-state index in [-0.39, 0.29) is 6.42 Å². The Kier molecular flexibility index (Phi) is 7.23. The van der Waals surface area contributed by atoms with E-state index < -0.39 is 5.97 Å². The van der Waals surface area contributed by atoms with Crippen LogP contribution in [-0.2, 0) is 9.53 Å². The lowest BCUT2D eigenvalue weighted by atomic mass is 10.2. The first-order valence-corrected chi connectivity index (χ1v) is 6.82. The van der Waals surface area contributed by atoms with Gasteiger partial charge >= 0.3 is 5.97 Å². The van der Waals surface area contributed by atoms with Gasteiger partial charge in [0, 0.05) is 39.3 Å². The highest BCUT2D eigenvalue weighted by molar-refractivity contribution is 5.66. The highest BCUT2D eigenvalue weighted by Crippen LogP contribution is 2.02. The fourth-order valence-electron chi connectivity index (χ4n) is 2.17. The molecule has 18 heavy (non-hydrogen) atoms. The number of rotatable bonds is 8. The highest BCUT2D eigenvalue weighted by atomic mass is 16.5. The average molecular weight is 258 g/mol. The van der Waals surface area contributed by atoms with Gasteiger partial charge in [0.2, 0.25) is 0 Å².